The summed E-state index contributed by atoms with van der Waals surface area (Å²) in [5.41, 5.74) is 4.91. The van der Waals surface area contributed by atoms with Gasteiger partial charge < -0.3 is 0 Å². The third-order valence-corrected chi connectivity index (χ3v) is 5.77. The van der Waals surface area contributed by atoms with Crippen LogP contribution in [-0.2, 0) is 6.54 Å². The molecule has 0 aliphatic carbocycles. The molecule has 7 heteroatoms. The number of piperazine rings is 1. The van der Waals surface area contributed by atoms with E-state index in [1.807, 2.05) is 36.7 Å². The van der Waals surface area contributed by atoms with Crippen LogP contribution < -0.4 is 0 Å². The number of aromatic nitrogens is 4. The van der Waals surface area contributed by atoms with Gasteiger partial charge in [-0.05, 0) is 42.4 Å². The summed E-state index contributed by atoms with van der Waals surface area (Å²) in [6, 6.07) is 14.9. The van der Waals surface area contributed by atoms with Gasteiger partial charge in [-0.15, -0.1) is 5.10 Å². The first-order chi connectivity index (χ1) is 14.7. The van der Waals surface area contributed by atoms with Crippen LogP contribution in [0.15, 0.2) is 67.1 Å². The standard InChI is InChI=1S/C23H23FN6/c1-28-10-11-29(14-17-4-3-9-25-13-17)16-22(28)23-21-8-7-19(15-30(21)27-26-23)18-5-2-6-20(24)12-18/h2-9,12-13,15,22H,10-11,14,16H2,1H3/t22-/m0/s1. The molecule has 0 amide bonds. The van der Waals surface area contributed by atoms with Crippen LogP contribution in [0.1, 0.15) is 17.3 Å². The maximum atomic E-state index is 13.6. The number of nitrogens with zero attached hydrogens (tertiary/aromatic N) is 6. The van der Waals surface area contributed by atoms with E-state index in [2.05, 4.69) is 38.2 Å². The fraction of sp³-hybridized carbons (Fsp3) is 0.261. The maximum absolute atomic E-state index is 13.6. The molecule has 3 aromatic heterocycles. The number of fused-ring (bicyclic) bond motifs is 1. The molecule has 4 heterocycles. The van der Waals surface area contributed by atoms with Crippen LogP contribution in [-0.4, -0.2) is 56.3 Å². The van der Waals surface area contributed by atoms with Crippen molar-refractivity contribution in [3.8, 4) is 11.1 Å². The minimum Gasteiger partial charge on any atom is -0.296 e. The quantitative estimate of drug-likeness (QED) is 0.524. The number of benzene rings is 1. The van der Waals surface area contributed by atoms with Crippen molar-refractivity contribution in [2.75, 3.05) is 26.7 Å². The van der Waals surface area contributed by atoms with Crippen molar-refractivity contribution in [3.05, 3.63) is 84.2 Å². The van der Waals surface area contributed by atoms with Crippen LogP contribution in [0, 0.1) is 5.82 Å². The predicted molar refractivity (Wildman–Crippen MR) is 113 cm³/mol. The van der Waals surface area contributed by atoms with Crippen LogP contribution >= 0.6 is 0 Å². The zero-order valence-electron chi connectivity index (χ0n) is 16.8. The Morgan fingerprint density at radius 3 is 2.83 bits per heavy atom. The minimum absolute atomic E-state index is 0.160. The highest BCUT2D eigenvalue weighted by Crippen LogP contribution is 2.28. The Morgan fingerprint density at radius 1 is 1.07 bits per heavy atom. The Kier molecular flexibility index (Phi) is 4.98. The number of pyridine rings is 2. The van der Waals surface area contributed by atoms with Crippen LogP contribution in [0.3, 0.4) is 0 Å². The van der Waals surface area contributed by atoms with E-state index in [4.69, 9.17) is 0 Å². The van der Waals surface area contributed by atoms with E-state index in [0.717, 1.165) is 48.5 Å². The van der Waals surface area contributed by atoms with Gasteiger partial charge in [0.1, 0.15) is 11.5 Å². The minimum atomic E-state index is -0.246. The SMILES string of the molecule is CN1CCN(Cc2cccnc2)C[C@H]1c1nnn2cc(-c3cccc(F)c3)ccc12. The molecule has 152 valence electrons. The average molecular weight is 402 g/mol. The molecule has 0 N–H and O–H groups in total. The smallest absolute Gasteiger partial charge is 0.123 e. The summed E-state index contributed by atoms with van der Waals surface area (Å²) in [6.07, 6.45) is 5.64. The van der Waals surface area contributed by atoms with Crippen LogP contribution in [0.25, 0.3) is 16.6 Å². The van der Waals surface area contributed by atoms with Crippen molar-refractivity contribution < 1.29 is 4.39 Å². The molecule has 1 saturated heterocycles. The van der Waals surface area contributed by atoms with Gasteiger partial charge >= 0.3 is 0 Å². The summed E-state index contributed by atoms with van der Waals surface area (Å²) >= 11 is 0. The molecule has 1 atom stereocenters. The first-order valence-corrected chi connectivity index (χ1v) is 10.1. The van der Waals surface area contributed by atoms with Crippen molar-refractivity contribution in [1.82, 2.24) is 29.6 Å². The number of rotatable bonds is 4. The highest BCUT2D eigenvalue weighted by molar-refractivity contribution is 5.66. The second-order valence-corrected chi connectivity index (χ2v) is 7.83. The highest BCUT2D eigenvalue weighted by Gasteiger charge is 2.29. The van der Waals surface area contributed by atoms with Crippen LogP contribution in [0.4, 0.5) is 4.39 Å². The summed E-state index contributed by atoms with van der Waals surface area (Å²) in [6.45, 7) is 3.72. The van der Waals surface area contributed by atoms with E-state index < -0.39 is 0 Å². The largest absolute Gasteiger partial charge is 0.296 e. The summed E-state index contributed by atoms with van der Waals surface area (Å²) in [5.74, 6) is -0.246. The summed E-state index contributed by atoms with van der Waals surface area (Å²) in [4.78, 5) is 9.00. The molecule has 6 nitrogen and oxygen atoms in total. The molecule has 30 heavy (non-hydrogen) atoms. The topological polar surface area (TPSA) is 49.6 Å². The normalized spacial score (nSPS) is 18.1. The van der Waals surface area contributed by atoms with E-state index >= 15 is 0 Å². The molecule has 1 aromatic carbocycles. The van der Waals surface area contributed by atoms with Crippen LogP contribution in [0.2, 0.25) is 0 Å². The number of likely N-dealkylation sites (N-methyl/N-ethyl adjacent to an activating group) is 1. The predicted octanol–water partition coefficient (Wildman–Crippen LogP) is 3.42. The molecule has 5 rings (SSSR count). The summed E-state index contributed by atoms with van der Waals surface area (Å²) < 4.78 is 15.4. The van der Waals surface area contributed by atoms with Crippen LogP contribution in [0.5, 0.6) is 0 Å². The zero-order valence-corrected chi connectivity index (χ0v) is 16.8. The first kappa shape index (κ1) is 18.8. The number of hydrogen-bond acceptors (Lipinski definition) is 5. The highest BCUT2D eigenvalue weighted by atomic mass is 19.1. The molecule has 1 fully saturated rings. The van der Waals surface area contributed by atoms with Gasteiger partial charge in [0.25, 0.3) is 0 Å². The van der Waals surface area contributed by atoms with Gasteiger partial charge in [0.05, 0.1) is 11.6 Å². The van der Waals surface area contributed by atoms with Crippen molar-refractivity contribution in [3.63, 3.8) is 0 Å². The Morgan fingerprint density at radius 2 is 2.00 bits per heavy atom. The summed E-state index contributed by atoms with van der Waals surface area (Å²) in [7, 11) is 2.14. The Hall–Kier alpha value is -3.16. The number of hydrogen-bond donors (Lipinski definition) is 0. The van der Waals surface area contributed by atoms with Gasteiger partial charge in [0.15, 0.2) is 0 Å². The zero-order chi connectivity index (χ0) is 20.5. The van der Waals surface area contributed by atoms with Gasteiger partial charge in [0.2, 0.25) is 0 Å². The van der Waals surface area contributed by atoms with Gasteiger partial charge in [0, 0.05) is 50.3 Å². The third-order valence-electron chi connectivity index (χ3n) is 5.77. The van der Waals surface area contributed by atoms with Crippen molar-refractivity contribution in [1.29, 1.82) is 0 Å². The Bertz CT molecular complexity index is 1160. The lowest BCUT2D eigenvalue weighted by molar-refractivity contribution is 0.0889. The lowest BCUT2D eigenvalue weighted by atomic mass is 10.1. The lowest BCUT2D eigenvalue weighted by Gasteiger charge is -2.38. The monoisotopic (exact) mass is 402 g/mol. The van der Waals surface area contributed by atoms with E-state index in [0.29, 0.717) is 0 Å². The molecular weight excluding hydrogens is 379 g/mol. The average Bonchev–Trinajstić information content (AvgIpc) is 3.19. The van der Waals surface area contributed by atoms with E-state index in [-0.39, 0.29) is 11.9 Å². The van der Waals surface area contributed by atoms with E-state index in [1.54, 1.807) is 16.8 Å². The molecule has 1 aliphatic rings. The Labute approximate surface area is 174 Å². The summed E-state index contributed by atoms with van der Waals surface area (Å²) in [5, 5.41) is 8.89. The molecule has 0 saturated carbocycles. The van der Waals surface area contributed by atoms with Gasteiger partial charge in [-0.2, -0.15) is 0 Å². The lowest BCUT2D eigenvalue weighted by Crippen LogP contribution is -2.46. The second kappa shape index (κ2) is 7.93. The second-order valence-electron chi connectivity index (χ2n) is 7.83. The van der Waals surface area contributed by atoms with Crippen molar-refractivity contribution >= 4 is 5.52 Å². The first-order valence-electron chi connectivity index (χ1n) is 10.1. The molecule has 0 radical (unpaired) electrons. The fourth-order valence-electron chi connectivity index (χ4n) is 4.11. The molecule has 0 bridgehead atoms. The number of halogens is 1. The maximum Gasteiger partial charge on any atom is 0.123 e. The Balaban J connectivity index is 1.42. The molecule has 1 aliphatic heterocycles. The van der Waals surface area contributed by atoms with Gasteiger partial charge in [-0.3, -0.25) is 14.8 Å². The molecular formula is C23H23FN6. The van der Waals surface area contributed by atoms with E-state index in [1.165, 1.54) is 17.7 Å². The molecule has 0 unspecified atom stereocenters. The van der Waals surface area contributed by atoms with Crippen molar-refractivity contribution in [2.45, 2.75) is 12.6 Å². The fourth-order valence-corrected chi connectivity index (χ4v) is 4.11. The third kappa shape index (κ3) is 3.69. The molecule has 4 aromatic rings. The van der Waals surface area contributed by atoms with Gasteiger partial charge in [-0.25, -0.2) is 8.91 Å². The van der Waals surface area contributed by atoms with E-state index in [9.17, 15) is 4.39 Å². The van der Waals surface area contributed by atoms with Crippen molar-refractivity contribution in [2.24, 2.45) is 0 Å². The van der Waals surface area contributed by atoms with Gasteiger partial charge in [-0.1, -0.05) is 29.5 Å². The molecule has 0 spiro atoms.